The number of pyridine rings is 1. The monoisotopic (exact) mass is 232 g/mol. The second-order valence-electron chi connectivity index (χ2n) is 4.01. The highest BCUT2D eigenvalue weighted by Gasteiger charge is 2.02. The molecule has 0 unspecified atom stereocenters. The number of nitrogens with two attached hydrogens (primary N) is 1. The molecule has 2 aromatic heterocycles. The predicted octanol–water partition coefficient (Wildman–Crippen LogP) is 0.283. The first-order chi connectivity index (χ1) is 8.20. The van der Waals surface area contributed by atoms with E-state index in [1.54, 1.807) is 21.5 Å². The summed E-state index contributed by atoms with van der Waals surface area (Å²) < 4.78 is 3.45. The van der Waals surface area contributed by atoms with Gasteiger partial charge in [-0.25, -0.2) is 0 Å². The summed E-state index contributed by atoms with van der Waals surface area (Å²) in [5, 5.41) is 4.09. The molecular formula is C12H16N4O. The zero-order chi connectivity index (χ0) is 12.3. The predicted molar refractivity (Wildman–Crippen MR) is 65.5 cm³/mol. The van der Waals surface area contributed by atoms with Crippen LogP contribution in [0.3, 0.4) is 0 Å². The molecule has 0 amide bonds. The van der Waals surface area contributed by atoms with Crippen LogP contribution in [0, 0.1) is 0 Å². The molecule has 0 fully saturated rings. The van der Waals surface area contributed by atoms with Crippen LogP contribution in [0.1, 0.15) is 11.1 Å². The third-order valence-corrected chi connectivity index (χ3v) is 2.72. The van der Waals surface area contributed by atoms with Gasteiger partial charge < -0.3 is 10.3 Å². The Balaban J connectivity index is 2.11. The second-order valence-corrected chi connectivity index (χ2v) is 4.01. The van der Waals surface area contributed by atoms with E-state index in [-0.39, 0.29) is 12.1 Å². The van der Waals surface area contributed by atoms with Crippen molar-refractivity contribution in [3.8, 4) is 0 Å². The van der Waals surface area contributed by atoms with Crippen LogP contribution in [-0.4, -0.2) is 14.3 Å². The lowest BCUT2D eigenvalue weighted by Crippen LogP contribution is -2.25. The van der Waals surface area contributed by atoms with E-state index >= 15 is 0 Å². The minimum Gasteiger partial charge on any atom is -0.326 e. The van der Waals surface area contributed by atoms with E-state index in [0.29, 0.717) is 12.1 Å². The van der Waals surface area contributed by atoms with Crippen molar-refractivity contribution in [3.63, 3.8) is 0 Å². The zero-order valence-electron chi connectivity index (χ0n) is 9.84. The molecule has 90 valence electrons. The van der Waals surface area contributed by atoms with Gasteiger partial charge in [0.2, 0.25) is 0 Å². The fourth-order valence-electron chi connectivity index (χ4n) is 1.77. The highest BCUT2D eigenvalue weighted by Crippen LogP contribution is 1.99. The molecule has 2 N–H and O–H groups in total. The number of hydrogen-bond donors (Lipinski definition) is 1. The van der Waals surface area contributed by atoms with Crippen LogP contribution in [0.2, 0.25) is 0 Å². The lowest BCUT2D eigenvalue weighted by atomic mass is 10.2. The smallest absolute Gasteiger partial charge is 0.255 e. The van der Waals surface area contributed by atoms with Gasteiger partial charge in [0.05, 0.1) is 6.20 Å². The first-order valence-electron chi connectivity index (χ1n) is 5.56. The quantitative estimate of drug-likeness (QED) is 0.823. The van der Waals surface area contributed by atoms with E-state index in [1.807, 2.05) is 25.5 Å². The molecule has 17 heavy (non-hydrogen) atoms. The molecule has 0 saturated heterocycles. The van der Waals surface area contributed by atoms with Crippen molar-refractivity contribution in [1.29, 1.82) is 0 Å². The van der Waals surface area contributed by atoms with Crippen molar-refractivity contribution >= 4 is 0 Å². The van der Waals surface area contributed by atoms with Crippen molar-refractivity contribution in [2.75, 3.05) is 0 Å². The van der Waals surface area contributed by atoms with Crippen LogP contribution in [0.4, 0.5) is 0 Å². The van der Waals surface area contributed by atoms with Crippen molar-refractivity contribution < 1.29 is 0 Å². The third kappa shape index (κ3) is 2.62. The molecular weight excluding hydrogens is 216 g/mol. The largest absolute Gasteiger partial charge is 0.326 e. The maximum absolute atomic E-state index is 11.9. The molecule has 0 spiro atoms. The Kier molecular flexibility index (Phi) is 3.39. The van der Waals surface area contributed by atoms with Crippen LogP contribution in [0.15, 0.2) is 35.5 Å². The third-order valence-electron chi connectivity index (χ3n) is 2.72. The highest BCUT2D eigenvalue weighted by atomic mass is 16.1. The Morgan fingerprint density at radius 2 is 2.29 bits per heavy atom. The summed E-state index contributed by atoms with van der Waals surface area (Å²) in [5.74, 6) is 0. The van der Waals surface area contributed by atoms with E-state index in [9.17, 15) is 4.79 Å². The summed E-state index contributed by atoms with van der Waals surface area (Å²) in [7, 11) is 1.88. The molecule has 5 nitrogen and oxygen atoms in total. The Bertz CT molecular complexity index is 556. The van der Waals surface area contributed by atoms with Gasteiger partial charge in [0, 0.05) is 38.1 Å². The van der Waals surface area contributed by atoms with Gasteiger partial charge in [0.25, 0.3) is 5.56 Å². The van der Waals surface area contributed by atoms with Crippen LogP contribution >= 0.6 is 0 Å². The summed E-state index contributed by atoms with van der Waals surface area (Å²) in [6, 6.07) is 3.62. The molecule has 0 aliphatic carbocycles. The van der Waals surface area contributed by atoms with E-state index < -0.39 is 0 Å². The van der Waals surface area contributed by atoms with Gasteiger partial charge >= 0.3 is 0 Å². The summed E-state index contributed by atoms with van der Waals surface area (Å²) in [5.41, 5.74) is 7.28. The van der Waals surface area contributed by atoms with Gasteiger partial charge in [-0.15, -0.1) is 0 Å². The summed E-state index contributed by atoms with van der Waals surface area (Å²) in [6.07, 6.45) is 6.36. The summed E-state index contributed by atoms with van der Waals surface area (Å²) in [6.45, 7) is 0.935. The molecule has 0 aliphatic rings. The van der Waals surface area contributed by atoms with E-state index in [4.69, 9.17) is 5.73 Å². The van der Waals surface area contributed by atoms with E-state index in [1.165, 1.54) is 0 Å². The molecule has 0 bridgehead atoms. The van der Waals surface area contributed by atoms with Gasteiger partial charge in [0.15, 0.2) is 0 Å². The zero-order valence-corrected chi connectivity index (χ0v) is 9.84. The van der Waals surface area contributed by atoms with Gasteiger partial charge in [-0.3, -0.25) is 9.48 Å². The average molecular weight is 232 g/mol. The molecule has 0 aliphatic heterocycles. The lowest BCUT2D eigenvalue weighted by molar-refractivity contribution is 0.660. The fourth-order valence-corrected chi connectivity index (χ4v) is 1.77. The molecule has 2 aromatic rings. The van der Waals surface area contributed by atoms with Gasteiger partial charge in [0.1, 0.15) is 0 Å². The number of nitrogens with zero attached hydrogens (tertiary/aromatic N) is 3. The molecule has 0 atom stereocenters. The molecule has 0 radical (unpaired) electrons. The molecule has 0 aromatic carbocycles. The van der Waals surface area contributed by atoms with E-state index in [2.05, 4.69) is 5.10 Å². The molecule has 5 heteroatoms. The van der Waals surface area contributed by atoms with Crippen LogP contribution < -0.4 is 11.3 Å². The van der Waals surface area contributed by atoms with E-state index in [0.717, 1.165) is 12.0 Å². The SMILES string of the molecule is Cn1cc(CCn2cccc(CN)c2=O)cn1. The highest BCUT2D eigenvalue weighted by molar-refractivity contribution is 5.10. The van der Waals surface area contributed by atoms with Crippen LogP contribution in [0.5, 0.6) is 0 Å². The summed E-state index contributed by atoms with van der Waals surface area (Å²) >= 11 is 0. The van der Waals surface area contributed by atoms with Crippen LogP contribution in [-0.2, 0) is 26.6 Å². The van der Waals surface area contributed by atoms with Gasteiger partial charge in [-0.05, 0) is 18.1 Å². The Morgan fingerprint density at radius 1 is 1.47 bits per heavy atom. The number of rotatable bonds is 4. The fraction of sp³-hybridized carbons (Fsp3) is 0.333. The van der Waals surface area contributed by atoms with Gasteiger partial charge in [-0.1, -0.05) is 6.07 Å². The molecule has 0 saturated carbocycles. The first-order valence-corrected chi connectivity index (χ1v) is 5.56. The standard InChI is InChI=1S/C12H16N4O/c1-15-9-10(8-14-15)4-6-16-5-2-3-11(7-13)12(16)17/h2-3,5,8-9H,4,6-7,13H2,1H3. The number of hydrogen-bond acceptors (Lipinski definition) is 3. The summed E-state index contributed by atoms with van der Waals surface area (Å²) in [4.78, 5) is 11.9. The minimum absolute atomic E-state index is 0.00103. The Labute approximate surface area is 99.5 Å². The molecule has 2 rings (SSSR count). The Morgan fingerprint density at radius 3 is 2.94 bits per heavy atom. The van der Waals surface area contributed by atoms with Crippen molar-refractivity contribution in [2.45, 2.75) is 19.5 Å². The maximum atomic E-state index is 11.9. The normalized spacial score (nSPS) is 10.7. The van der Waals surface area contributed by atoms with Crippen molar-refractivity contribution in [1.82, 2.24) is 14.3 Å². The maximum Gasteiger partial charge on any atom is 0.255 e. The lowest BCUT2D eigenvalue weighted by Gasteiger charge is -2.05. The van der Waals surface area contributed by atoms with Crippen LogP contribution in [0.25, 0.3) is 0 Å². The number of aryl methyl sites for hydroxylation is 3. The first kappa shape index (κ1) is 11.6. The Hall–Kier alpha value is -1.88. The molecule has 2 heterocycles. The number of aromatic nitrogens is 3. The average Bonchev–Trinajstić information content (AvgIpc) is 2.74. The topological polar surface area (TPSA) is 65.8 Å². The van der Waals surface area contributed by atoms with Gasteiger partial charge in [-0.2, -0.15) is 5.10 Å². The van der Waals surface area contributed by atoms with Crippen molar-refractivity contribution in [3.05, 3.63) is 52.2 Å². The van der Waals surface area contributed by atoms with Crippen molar-refractivity contribution in [2.24, 2.45) is 12.8 Å². The minimum atomic E-state index is -0.00103. The second kappa shape index (κ2) is 4.97.